The summed E-state index contributed by atoms with van der Waals surface area (Å²) in [5.41, 5.74) is 1.16. The lowest BCUT2D eigenvalue weighted by Gasteiger charge is -2.49. The minimum Gasteiger partial charge on any atom is -0.452 e. The van der Waals surface area contributed by atoms with E-state index in [-0.39, 0.29) is 33.5 Å². The Bertz CT molecular complexity index is 1730. The number of non-ortho nitro benzene ring substituents is 1. The van der Waals surface area contributed by atoms with E-state index < -0.39 is 83.0 Å². The summed E-state index contributed by atoms with van der Waals surface area (Å²) in [5.74, 6) is -0.615. The first-order chi connectivity index (χ1) is 27.4. The van der Waals surface area contributed by atoms with E-state index in [0.717, 1.165) is 5.56 Å². The summed E-state index contributed by atoms with van der Waals surface area (Å²) in [6.07, 6.45) is -1.24. The number of benzene rings is 2. The quantitative estimate of drug-likeness (QED) is 0.0587. The first-order valence-electron chi connectivity index (χ1n) is 20.9. The number of nitro groups is 1. The van der Waals surface area contributed by atoms with Crippen LogP contribution in [0.25, 0.3) is 0 Å². The van der Waals surface area contributed by atoms with Crippen molar-refractivity contribution in [3.63, 3.8) is 0 Å². The lowest BCUT2D eigenvalue weighted by Crippen LogP contribution is -2.59. The molecule has 0 aliphatic carbocycles. The highest BCUT2D eigenvalue weighted by Gasteiger charge is 2.50. The Hall–Kier alpha value is -2.84. The molecule has 11 atom stereocenters. The van der Waals surface area contributed by atoms with Crippen LogP contribution in [0.5, 0.6) is 0 Å². The molecule has 3 heterocycles. The first-order valence-corrected chi connectivity index (χ1v) is 26.7. The molecule has 2 aromatic carbocycles. The molecule has 0 N–H and O–H groups in total. The maximum absolute atomic E-state index is 12.9. The summed E-state index contributed by atoms with van der Waals surface area (Å²) in [7, 11) is -4.56. The molecule has 0 unspecified atom stereocenters. The van der Waals surface area contributed by atoms with E-state index >= 15 is 0 Å². The summed E-state index contributed by atoms with van der Waals surface area (Å²) in [4.78, 5) is 23.5. The molecule has 328 valence electrons. The van der Waals surface area contributed by atoms with Crippen molar-refractivity contribution in [3.8, 4) is 0 Å². The fraction of sp³-hybridized carbons (Fsp3) is 0.659. The molecule has 0 saturated carbocycles. The number of carbonyl (C=O) groups is 1. The van der Waals surface area contributed by atoms with Gasteiger partial charge in [-0.05, 0) is 86.9 Å². The van der Waals surface area contributed by atoms with Crippen LogP contribution in [0, 0.1) is 10.1 Å². The van der Waals surface area contributed by atoms with Crippen molar-refractivity contribution >= 4 is 28.3 Å². The highest BCUT2D eigenvalue weighted by molar-refractivity contribution is 6.74. The van der Waals surface area contributed by atoms with Gasteiger partial charge in [0, 0.05) is 25.0 Å². The molecule has 0 spiro atoms. The summed E-state index contributed by atoms with van der Waals surface area (Å²) < 4.78 is 59.3. The van der Waals surface area contributed by atoms with Crippen molar-refractivity contribution in [1.29, 1.82) is 0 Å². The van der Waals surface area contributed by atoms with Gasteiger partial charge in [0.15, 0.2) is 35.5 Å². The van der Waals surface area contributed by atoms with Gasteiger partial charge >= 0.3 is 5.97 Å². The van der Waals surface area contributed by atoms with Gasteiger partial charge in [-0.25, -0.2) is 4.79 Å². The van der Waals surface area contributed by atoms with E-state index in [2.05, 4.69) is 67.7 Å². The Balaban J connectivity index is 1.33. The number of nitro benzene ring substituents is 1. The van der Waals surface area contributed by atoms with Crippen molar-refractivity contribution in [2.24, 2.45) is 0 Å². The molecule has 5 rings (SSSR count). The van der Waals surface area contributed by atoms with Crippen molar-refractivity contribution < 1.29 is 51.7 Å². The standard InChI is InChI=1S/C44H67NO12Si2/c1-28-34(54-42(46)32-19-21-33(22-20-32)45(47)48)23-24-37(50-28)53-35-25-39(52-30(3)41(35)57-59(12,13)44(7,8)9)55-40-29(2)51-38(49-27-31-17-15-14-16-18-31)26-36(40)56-58(10,11)43(4,5)6/h14-24,28-30,34-41H,25-27H2,1-13H3/t28-,29+,30+,34-,35+,36+,37-,38+,39-,40+,41+/m0/s1. The van der Waals surface area contributed by atoms with E-state index in [0.29, 0.717) is 19.4 Å². The Morgan fingerprint density at radius 1 is 0.729 bits per heavy atom. The molecule has 2 fully saturated rings. The van der Waals surface area contributed by atoms with Crippen molar-refractivity contribution in [2.75, 3.05) is 0 Å². The molecular weight excluding hydrogens is 791 g/mol. The van der Waals surface area contributed by atoms with Crippen LogP contribution in [-0.4, -0.2) is 95.2 Å². The summed E-state index contributed by atoms with van der Waals surface area (Å²) in [6.45, 7) is 28.4. The van der Waals surface area contributed by atoms with Gasteiger partial charge in [-0.1, -0.05) is 71.9 Å². The van der Waals surface area contributed by atoms with Gasteiger partial charge in [-0.3, -0.25) is 10.1 Å². The smallest absolute Gasteiger partial charge is 0.338 e. The normalized spacial score (nSPS) is 30.8. The molecule has 13 nitrogen and oxygen atoms in total. The summed E-state index contributed by atoms with van der Waals surface area (Å²) in [6, 6.07) is 15.3. The van der Waals surface area contributed by atoms with Gasteiger partial charge < -0.3 is 42.0 Å². The third-order valence-electron chi connectivity index (χ3n) is 12.5. The first kappa shape index (κ1) is 47.2. The van der Waals surface area contributed by atoms with Crippen LogP contribution in [0.4, 0.5) is 5.69 Å². The van der Waals surface area contributed by atoms with Crippen LogP contribution in [0.15, 0.2) is 66.7 Å². The number of ether oxygens (including phenoxy) is 7. The zero-order valence-corrected chi connectivity index (χ0v) is 39.2. The fourth-order valence-corrected chi connectivity index (χ4v) is 9.53. The maximum Gasteiger partial charge on any atom is 0.338 e. The third kappa shape index (κ3) is 12.2. The van der Waals surface area contributed by atoms with Crippen LogP contribution in [0.3, 0.4) is 0 Å². The summed E-state index contributed by atoms with van der Waals surface area (Å²) in [5, 5.41) is 11.0. The zero-order valence-electron chi connectivity index (χ0n) is 37.2. The highest BCUT2D eigenvalue weighted by Crippen LogP contribution is 2.43. The number of hydrogen-bond acceptors (Lipinski definition) is 12. The maximum atomic E-state index is 12.9. The number of esters is 1. The predicted octanol–water partition coefficient (Wildman–Crippen LogP) is 9.46. The molecule has 0 bridgehead atoms. The minimum absolute atomic E-state index is 0.0325. The average molecular weight is 858 g/mol. The second-order valence-corrected chi connectivity index (χ2v) is 28.6. The van der Waals surface area contributed by atoms with Gasteiger partial charge in [0.2, 0.25) is 0 Å². The number of rotatable bonds is 14. The minimum atomic E-state index is -2.30. The Labute approximate surface area is 352 Å². The van der Waals surface area contributed by atoms with Gasteiger partial charge in [0.05, 0.1) is 53.7 Å². The lowest BCUT2D eigenvalue weighted by atomic mass is 10.00. The monoisotopic (exact) mass is 857 g/mol. The lowest BCUT2D eigenvalue weighted by molar-refractivity contribution is -0.384. The molecule has 3 aliphatic heterocycles. The molecule has 0 aromatic heterocycles. The molecule has 2 aromatic rings. The van der Waals surface area contributed by atoms with Crippen LogP contribution < -0.4 is 0 Å². The van der Waals surface area contributed by atoms with Crippen LogP contribution >= 0.6 is 0 Å². The van der Waals surface area contributed by atoms with E-state index in [1.54, 1.807) is 19.1 Å². The molecule has 3 aliphatic rings. The topological polar surface area (TPSA) is 143 Å². The molecule has 15 heteroatoms. The van der Waals surface area contributed by atoms with Gasteiger partial charge in [0.25, 0.3) is 5.69 Å². The molecule has 59 heavy (non-hydrogen) atoms. The van der Waals surface area contributed by atoms with Crippen LogP contribution in [-0.2, 0) is 48.6 Å². The number of hydrogen-bond donors (Lipinski definition) is 0. The molecular formula is C44H67NO12Si2. The highest BCUT2D eigenvalue weighted by atomic mass is 28.4. The number of carbonyl (C=O) groups excluding carboxylic acids is 1. The predicted molar refractivity (Wildman–Crippen MR) is 229 cm³/mol. The Kier molecular flexibility index (Phi) is 15.2. The van der Waals surface area contributed by atoms with E-state index in [9.17, 15) is 14.9 Å². The van der Waals surface area contributed by atoms with Crippen molar-refractivity contribution in [2.45, 2.75) is 186 Å². The third-order valence-corrected chi connectivity index (χ3v) is 21.4. The van der Waals surface area contributed by atoms with Crippen molar-refractivity contribution in [3.05, 3.63) is 88.0 Å². The zero-order chi connectivity index (χ0) is 43.5. The van der Waals surface area contributed by atoms with Gasteiger partial charge in [-0.2, -0.15) is 0 Å². The SMILES string of the molecule is C[C@@H]1O[C@@H](O[C@@H]2C[C@H](O[C@@H]3[C@@H](C)O[C@@H](OCc4ccccc4)C[C@H]3O[Si](C)(C)C(C)(C)C)O[C@H](C)[C@H]2O[Si](C)(C)C(C)(C)C)C=C[C@@H]1OC(=O)c1ccc([N+](=O)[O-])cc1. The summed E-state index contributed by atoms with van der Waals surface area (Å²) >= 11 is 0. The van der Waals surface area contributed by atoms with Gasteiger partial charge in [0.1, 0.15) is 12.2 Å². The average Bonchev–Trinajstić information content (AvgIpc) is 3.14. The van der Waals surface area contributed by atoms with Crippen LogP contribution in [0.1, 0.15) is 91.1 Å². The molecule has 0 radical (unpaired) electrons. The van der Waals surface area contributed by atoms with Crippen LogP contribution in [0.2, 0.25) is 36.3 Å². The second kappa shape index (κ2) is 19.1. The fourth-order valence-electron chi connectivity index (χ4n) is 6.81. The molecule has 0 amide bonds. The second-order valence-electron chi connectivity index (χ2n) is 19.1. The van der Waals surface area contributed by atoms with E-state index in [4.69, 9.17) is 42.0 Å². The molecule has 2 saturated heterocycles. The van der Waals surface area contributed by atoms with E-state index in [1.807, 2.05) is 44.2 Å². The van der Waals surface area contributed by atoms with Gasteiger partial charge in [-0.15, -0.1) is 0 Å². The van der Waals surface area contributed by atoms with Crippen molar-refractivity contribution in [1.82, 2.24) is 0 Å². The van der Waals surface area contributed by atoms with E-state index in [1.165, 1.54) is 24.3 Å². The largest absolute Gasteiger partial charge is 0.452 e. The number of nitrogens with zero attached hydrogens (tertiary/aromatic N) is 1. The Morgan fingerprint density at radius 3 is 1.90 bits per heavy atom. The Morgan fingerprint density at radius 2 is 1.31 bits per heavy atom.